The molecule has 0 bridgehead atoms. The van der Waals surface area contributed by atoms with Gasteiger partial charge in [0.15, 0.2) is 0 Å². The summed E-state index contributed by atoms with van der Waals surface area (Å²) in [5.74, 6) is -0.322. The number of rotatable bonds is 5. The van der Waals surface area contributed by atoms with Gasteiger partial charge in [0.05, 0.1) is 19.3 Å². The maximum absolute atomic E-state index is 13.6. The lowest BCUT2D eigenvalue weighted by Gasteiger charge is -2.21. The predicted molar refractivity (Wildman–Crippen MR) is 104 cm³/mol. The van der Waals surface area contributed by atoms with Gasteiger partial charge < -0.3 is 14.5 Å². The fourth-order valence-corrected chi connectivity index (χ4v) is 3.58. The molecule has 0 fully saturated rings. The number of aryl methyl sites for hydroxylation is 1. The normalized spacial score (nSPS) is 12.2. The van der Waals surface area contributed by atoms with Crippen molar-refractivity contribution < 1.29 is 23.1 Å². The number of hydrogen-bond donors (Lipinski definition) is 2. The summed E-state index contributed by atoms with van der Waals surface area (Å²) in [5, 5.41) is 6.76. The molecule has 2 N–H and O–H groups in total. The number of fused-ring (bicyclic) bond motifs is 1. The van der Waals surface area contributed by atoms with Crippen molar-refractivity contribution in [1.29, 1.82) is 0 Å². The summed E-state index contributed by atoms with van der Waals surface area (Å²) in [5.41, 5.74) is 1.34. The first-order valence-electron chi connectivity index (χ1n) is 8.60. The van der Waals surface area contributed by atoms with Gasteiger partial charge in [0.2, 0.25) is 5.01 Å². The second-order valence-electron chi connectivity index (χ2n) is 6.57. The Hall–Kier alpha value is -2.94. The number of halogens is 1. The third-order valence-electron chi connectivity index (χ3n) is 4.27. The Kier molecular flexibility index (Phi) is 5.64. The topological polar surface area (TPSA) is 93.5 Å². The van der Waals surface area contributed by atoms with Crippen LogP contribution in [0.3, 0.4) is 0 Å². The average Bonchev–Trinajstić information content (AvgIpc) is 3.24. The highest BCUT2D eigenvalue weighted by molar-refractivity contribution is 7.17. The van der Waals surface area contributed by atoms with E-state index >= 15 is 0 Å². The van der Waals surface area contributed by atoms with Crippen LogP contribution in [-0.4, -0.2) is 24.1 Å². The fraction of sp³-hybridized carbons (Fsp3) is 0.316. The number of carbonyl (C=O) groups is 2. The number of benzene rings is 1. The molecule has 0 aliphatic heterocycles. The average molecular weight is 405 g/mol. The van der Waals surface area contributed by atoms with E-state index in [0.29, 0.717) is 21.7 Å². The molecule has 0 aliphatic carbocycles. The van der Waals surface area contributed by atoms with E-state index in [1.165, 1.54) is 25.4 Å². The van der Waals surface area contributed by atoms with Gasteiger partial charge in [-0.1, -0.05) is 25.2 Å². The predicted octanol–water partition coefficient (Wildman–Crippen LogP) is 4.64. The molecule has 3 aromatic rings. The number of hydrogen-bond acceptors (Lipinski definition) is 6. The second-order valence-corrected chi connectivity index (χ2v) is 7.60. The molecule has 2 aromatic heterocycles. The third kappa shape index (κ3) is 3.99. The highest BCUT2D eigenvalue weighted by Crippen LogP contribution is 2.33. The number of anilines is 1. The minimum Gasteiger partial charge on any atom is -0.464 e. The highest BCUT2D eigenvalue weighted by Gasteiger charge is 2.26. The highest BCUT2D eigenvalue weighted by atomic mass is 32.1. The largest absolute Gasteiger partial charge is 0.464 e. The molecule has 9 heteroatoms. The van der Waals surface area contributed by atoms with Gasteiger partial charge in [0, 0.05) is 10.9 Å². The molecular weight excluding hydrogens is 385 g/mol. The van der Waals surface area contributed by atoms with Gasteiger partial charge >= 0.3 is 12.0 Å². The van der Waals surface area contributed by atoms with Crippen LogP contribution in [0, 0.1) is 18.7 Å². The zero-order valence-electron chi connectivity index (χ0n) is 15.8. The molecule has 0 unspecified atom stereocenters. The van der Waals surface area contributed by atoms with E-state index in [1.54, 1.807) is 6.07 Å². The Morgan fingerprint density at radius 1 is 1.32 bits per heavy atom. The Labute approximate surface area is 164 Å². The molecule has 148 valence electrons. The van der Waals surface area contributed by atoms with Crippen molar-refractivity contribution in [3.63, 3.8) is 0 Å². The van der Waals surface area contributed by atoms with Crippen molar-refractivity contribution in [2.45, 2.75) is 26.8 Å². The molecule has 2 amide bonds. The van der Waals surface area contributed by atoms with E-state index in [1.807, 2.05) is 20.8 Å². The van der Waals surface area contributed by atoms with E-state index in [0.717, 1.165) is 16.9 Å². The smallest absolute Gasteiger partial charge is 0.367 e. The molecule has 0 spiro atoms. The monoisotopic (exact) mass is 405 g/mol. The Bertz CT molecular complexity index is 1030. The van der Waals surface area contributed by atoms with Crippen LogP contribution in [0.15, 0.2) is 28.8 Å². The maximum atomic E-state index is 13.6. The number of methoxy groups -OCH3 is 1. The first-order valence-corrected chi connectivity index (χ1v) is 9.42. The van der Waals surface area contributed by atoms with Gasteiger partial charge in [0.25, 0.3) is 0 Å². The zero-order chi connectivity index (χ0) is 20.4. The number of nitrogens with one attached hydrogen (secondary N) is 2. The Morgan fingerprint density at radius 3 is 2.75 bits per heavy atom. The quantitative estimate of drug-likeness (QED) is 0.603. The van der Waals surface area contributed by atoms with Crippen LogP contribution in [0.2, 0.25) is 0 Å². The summed E-state index contributed by atoms with van der Waals surface area (Å²) in [6.45, 7) is 5.72. The molecule has 0 saturated heterocycles. The fourth-order valence-electron chi connectivity index (χ4n) is 2.85. The van der Waals surface area contributed by atoms with Crippen LogP contribution in [-0.2, 0) is 4.74 Å². The summed E-state index contributed by atoms with van der Waals surface area (Å²) in [7, 11) is 1.26. The van der Waals surface area contributed by atoms with E-state index in [2.05, 4.69) is 20.4 Å². The summed E-state index contributed by atoms with van der Waals surface area (Å²) in [6.07, 6.45) is 1.39. The lowest BCUT2D eigenvalue weighted by molar-refractivity contribution is 0.0600. The number of aromatic nitrogens is 1. The van der Waals surface area contributed by atoms with Crippen molar-refractivity contribution in [2.24, 2.45) is 5.92 Å². The molecule has 1 aromatic carbocycles. The van der Waals surface area contributed by atoms with Crippen molar-refractivity contribution in [1.82, 2.24) is 10.3 Å². The summed E-state index contributed by atoms with van der Waals surface area (Å²) >= 11 is 1.01. The van der Waals surface area contributed by atoms with Crippen molar-refractivity contribution in [3.8, 4) is 0 Å². The number of carbonyl (C=O) groups excluding carboxylic acids is 2. The van der Waals surface area contributed by atoms with Gasteiger partial charge in [-0.25, -0.2) is 19.0 Å². The lowest BCUT2D eigenvalue weighted by Crippen LogP contribution is -2.35. The van der Waals surface area contributed by atoms with Gasteiger partial charge in [-0.2, -0.15) is 0 Å². The van der Waals surface area contributed by atoms with Crippen LogP contribution in [0.1, 0.15) is 41.0 Å². The van der Waals surface area contributed by atoms with Crippen LogP contribution < -0.4 is 10.6 Å². The van der Waals surface area contributed by atoms with Gasteiger partial charge in [-0.3, -0.25) is 5.32 Å². The number of esters is 1. The van der Waals surface area contributed by atoms with E-state index in [-0.39, 0.29) is 16.7 Å². The van der Waals surface area contributed by atoms with Gasteiger partial charge in [-0.15, -0.1) is 0 Å². The van der Waals surface area contributed by atoms with Gasteiger partial charge in [-0.05, 0) is 31.0 Å². The Morgan fingerprint density at radius 2 is 2.07 bits per heavy atom. The number of amides is 2. The number of ether oxygens (including phenoxy) is 1. The molecule has 0 saturated carbocycles. The first-order chi connectivity index (χ1) is 13.3. The zero-order valence-corrected chi connectivity index (χ0v) is 16.6. The minimum absolute atomic E-state index is 0.0157. The van der Waals surface area contributed by atoms with Crippen molar-refractivity contribution >= 4 is 39.3 Å². The summed E-state index contributed by atoms with van der Waals surface area (Å²) in [6, 6.07) is 3.43. The SMILES string of the molecule is COC(=O)c1ncc(NC(=O)N[C@H](c2oc3ccc(F)cc3c2C)C(C)C)s1. The van der Waals surface area contributed by atoms with Crippen molar-refractivity contribution in [2.75, 3.05) is 12.4 Å². The van der Waals surface area contributed by atoms with Crippen LogP contribution in [0.5, 0.6) is 0 Å². The number of furan rings is 1. The summed E-state index contributed by atoms with van der Waals surface area (Å²) < 4.78 is 24.1. The number of urea groups is 1. The summed E-state index contributed by atoms with van der Waals surface area (Å²) in [4.78, 5) is 27.8. The lowest BCUT2D eigenvalue weighted by atomic mass is 9.98. The molecule has 0 radical (unpaired) electrons. The van der Waals surface area contributed by atoms with Crippen LogP contribution in [0.4, 0.5) is 14.2 Å². The second kappa shape index (κ2) is 7.97. The molecule has 3 rings (SSSR count). The van der Waals surface area contributed by atoms with Crippen LogP contribution in [0.25, 0.3) is 11.0 Å². The Balaban J connectivity index is 1.80. The number of thiazole rings is 1. The maximum Gasteiger partial charge on any atom is 0.367 e. The first kappa shape index (κ1) is 19.8. The number of nitrogens with zero attached hydrogens (tertiary/aromatic N) is 1. The van der Waals surface area contributed by atoms with E-state index < -0.39 is 18.0 Å². The molecule has 0 aliphatic rings. The molecular formula is C19H20FN3O4S. The molecule has 7 nitrogen and oxygen atoms in total. The van der Waals surface area contributed by atoms with Crippen LogP contribution >= 0.6 is 11.3 Å². The van der Waals surface area contributed by atoms with E-state index in [4.69, 9.17) is 4.42 Å². The standard InChI is InChI=1S/C19H20FN3O4S/c1-9(2)15(16-10(3)12-7-11(20)5-6-13(12)27-16)23-19(25)22-14-8-21-17(28-14)18(24)26-4/h5-9,15H,1-4H3,(H2,22,23,25)/t15-/m0/s1. The molecule has 1 atom stereocenters. The van der Waals surface area contributed by atoms with Crippen molar-refractivity contribution in [3.05, 3.63) is 46.5 Å². The van der Waals surface area contributed by atoms with E-state index in [9.17, 15) is 14.0 Å². The van der Waals surface area contributed by atoms with Gasteiger partial charge in [0.1, 0.15) is 22.2 Å². The minimum atomic E-state index is -0.566. The molecule has 28 heavy (non-hydrogen) atoms. The molecule has 2 heterocycles. The third-order valence-corrected chi connectivity index (χ3v) is 5.17.